The van der Waals surface area contributed by atoms with Gasteiger partial charge in [0, 0.05) is 22.7 Å². The van der Waals surface area contributed by atoms with Crippen molar-refractivity contribution in [1.29, 1.82) is 0 Å². The lowest BCUT2D eigenvalue weighted by Gasteiger charge is -2.27. The Labute approximate surface area is 222 Å². The topological polar surface area (TPSA) is 67.5 Å². The smallest absolute Gasteiger partial charge is 0.273 e. The average molecular weight is 516 g/mol. The highest BCUT2D eigenvalue weighted by molar-refractivity contribution is 6.31. The number of H-pyrrole nitrogens is 1. The van der Waals surface area contributed by atoms with Crippen LogP contribution in [-0.4, -0.2) is 34.7 Å². The largest absolute Gasteiger partial charge is 0.493 e. The number of ether oxygens (including phenoxy) is 2. The molecular formula is C30H30ClN3O3. The van der Waals surface area contributed by atoms with Crippen molar-refractivity contribution in [3.8, 4) is 22.8 Å². The molecule has 1 N–H and O–H groups in total. The van der Waals surface area contributed by atoms with Gasteiger partial charge in [0.15, 0.2) is 11.5 Å². The maximum atomic E-state index is 13.7. The van der Waals surface area contributed by atoms with Crippen LogP contribution in [0.3, 0.4) is 0 Å². The van der Waals surface area contributed by atoms with E-state index in [1.165, 1.54) is 0 Å². The lowest BCUT2D eigenvalue weighted by molar-refractivity contribution is 0.0730. The quantitative estimate of drug-likeness (QED) is 0.263. The number of aromatic amines is 1. The number of fused-ring (bicyclic) bond motifs is 1. The highest BCUT2D eigenvalue weighted by atomic mass is 35.5. The minimum absolute atomic E-state index is 0.120. The van der Waals surface area contributed by atoms with Crippen molar-refractivity contribution in [1.82, 2.24) is 15.1 Å². The fraction of sp³-hybridized carbons (Fsp3) is 0.267. The van der Waals surface area contributed by atoms with Gasteiger partial charge in [-0.1, -0.05) is 80.0 Å². The van der Waals surface area contributed by atoms with E-state index in [4.69, 9.17) is 21.1 Å². The van der Waals surface area contributed by atoms with Gasteiger partial charge in [-0.05, 0) is 41.7 Å². The van der Waals surface area contributed by atoms with Crippen LogP contribution in [0.1, 0.15) is 53.5 Å². The summed E-state index contributed by atoms with van der Waals surface area (Å²) < 4.78 is 11.7. The molecule has 5 rings (SSSR count). The Kier molecular flexibility index (Phi) is 7.19. The van der Waals surface area contributed by atoms with E-state index in [2.05, 4.69) is 24.0 Å². The molecule has 1 aliphatic rings. The van der Waals surface area contributed by atoms with Crippen LogP contribution >= 0.6 is 11.6 Å². The molecule has 0 saturated heterocycles. The number of aromatic nitrogens is 2. The number of rotatable bonds is 9. The van der Waals surface area contributed by atoms with E-state index in [1.807, 2.05) is 77.7 Å². The Bertz CT molecular complexity index is 1400. The van der Waals surface area contributed by atoms with Gasteiger partial charge in [0.25, 0.3) is 5.91 Å². The van der Waals surface area contributed by atoms with Crippen LogP contribution in [0.15, 0.2) is 72.8 Å². The van der Waals surface area contributed by atoms with Crippen LogP contribution in [0.4, 0.5) is 0 Å². The van der Waals surface area contributed by atoms with E-state index >= 15 is 0 Å². The van der Waals surface area contributed by atoms with Gasteiger partial charge in [0.2, 0.25) is 0 Å². The SMILES string of the molecule is COc1cc(C2c3c(-c4ccccc4)n[nH]c3C(=O)N2Cc2ccccc2Cl)ccc1OCCC(C)C. The summed E-state index contributed by atoms with van der Waals surface area (Å²) >= 11 is 6.50. The highest BCUT2D eigenvalue weighted by Gasteiger charge is 2.42. The van der Waals surface area contributed by atoms with Gasteiger partial charge in [-0.15, -0.1) is 0 Å². The number of nitrogens with one attached hydrogen (secondary N) is 1. The minimum atomic E-state index is -0.383. The third kappa shape index (κ3) is 4.94. The van der Waals surface area contributed by atoms with Gasteiger partial charge in [0.1, 0.15) is 5.69 Å². The van der Waals surface area contributed by atoms with Crippen molar-refractivity contribution in [2.75, 3.05) is 13.7 Å². The van der Waals surface area contributed by atoms with Crippen molar-refractivity contribution in [2.24, 2.45) is 5.92 Å². The number of hydrogen-bond acceptors (Lipinski definition) is 4. The predicted molar refractivity (Wildman–Crippen MR) is 145 cm³/mol. The summed E-state index contributed by atoms with van der Waals surface area (Å²) in [7, 11) is 1.63. The van der Waals surface area contributed by atoms with Gasteiger partial charge in [-0.3, -0.25) is 9.89 Å². The average Bonchev–Trinajstić information content (AvgIpc) is 3.45. The number of halogens is 1. The molecule has 190 valence electrons. The van der Waals surface area contributed by atoms with E-state index in [1.54, 1.807) is 7.11 Å². The standard InChI is InChI=1S/C30H30ClN3O3/c1-19(2)15-16-37-24-14-13-21(17-25(24)36-3)29-26-27(20-9-5-4-6-10-20)32-33-28(26)30(35)34(29)18-22-11-7-8-12-23(22)31/h4-14,17,19,29H,15-16,18H2,1-3H3,(H,32,33). The summed E-state index contributed by atoms with van der Waals surface area (Å²) in [5.41, 5.74) is 4.82. The lowest BCUT2D eigenvalue weighted by Crippen LogP contribution is -2.29. The molecule has 1 amide bonds. The monoisotopic (exact) mass is 515 g/mol. The van der Waals surface area contributed by atoms with Gasteiger partial charge in [-0.25, -0.2) is 0 Å². The molecule has 0 bridgehead atoms. The van der Waals surface area contributed by atoms with Gasteiger partial charge < -0.3 is 14.4 Å². The number of hydrogen-bond donors (Lipinski definition) is 1. The summed E-state index contributed by atoms with van der Waals surface area (Å²) in [6, 6.07) is 23.0. The zero-order valence-corrected chi connectivity index (χ0v) is 22.0. The first-order valence-corrected chi connectivity index (χ1v) is 12.8. The van der Waals surface area contributed by atoms with Gasteiger partial charge in [0.05, 0.1) is 25.5 Å². The van der Waals surface area contributed by atoms with Crippen molar-refractivity contribution in [3.63, 3.8) is 0 Å². The fourth-order valence-corrected chi connectivity index (χ4v) is 4.91. The van der Waals surface area contributed by atoms with Gasteiger partial charge in [-0.2, -0.15) is 5.10 Å². The molecule has 1 unspecified atom stereocenters. The number of amides is 1. The Balaban J connectivity index is 1.59. The Morgan fingerprint density at radius 2 is 1.78 bits per heavy atom. The summed E-state index contributed by atoms with van der Waals surface area (Å²) in [5, 5.41) is 8.19. The van der Waals surface area contributed by atoms with Crippen molar-refractivity contribution >= 4 is 17.5 Å². The first-order chi connectivity index (χ1) is 18.0. The van der Waals surface area contributed by atoms with Crippen LogP contribution in [0.5, 0.6) is 11.5 Å². The summed E-state index contributed by atoms with van der Waals surface area (Å²) in [6.07, 6.45) is 0.951. The van der Waals surface area contributed by atoms with Crippen LogP contribution in [0, 0.1) is 5.92 Å². The van der Waals surface area contributed by atoms with Crippen molar-refractivity contribution < 1.29 is 14.3 Å². The zero-order chi connectivity index (χ0) is 25.9. The Morgan fingerprint density at radius 1 is 1.03 bits per heavy atom. The number of benzene rings is 3. The van der Waals surface area contributed by atoms with Crippen molar-refractivity contribution in [2.45, 2.75) is 32.9 Å². The maximum absolute atomic E-state index is 13.7. The first-order valence-electron chi connectivity index (χ1n) is 12.5. The first kappa shape index (κ1) is 24.9. The second-order valence-corrected chi connectivity index (χ2v) is 10.0. The second kappa shape index (κ2) is 10.7. The van der Waals surface area contributed by atoms with Crippen LogP contribution in [-0.2, 0) is 6.54 Å². The molecule has 7 heteroatoms. The van der Waals surface area contributed by atoms with Crippen LogP contribution < -0.4 is 9.47 Å². The van der Waals surface area contributed by atoms with E-state index in [0.29, 0.717) is 41.3 Å². The molecule has 1 aromatic heterocycles. The molecule has 0 radical (unpaired) electrons. The second-order valence-electron chi connectivity index (χ2n) is 9.60. The molecule has 2 heterocycles. The van der Waals surface area contributed by atoms with Crippen LogP contribution in [0.2, 0.25) is 5.02 Å². The number of nitrogens with zero attached hydrogens (tertiary/aromatic N) is 2. The summed E-state index contributed by atoms with van der Waals surface area (Å²) in [4.78, 5) is 15.6. The summed E-state index contributed by atoms with van der Waals surface area (Å²) in [5.74, 6) is 1.74. The van der Waals surface area contributed by atoms with E-state index < -0.39 is 0 Å². The summed E-state index contributed by atoms with van der Waals surface area (Å²) in [6.45, 7) is 5.30. The van der Waals surface area contributed by atoms with E-state index in [9.17, 15) is 4.79 Å². The molecule has 4 aromatic rings. The molecule has 1 aliphatic heterocycles. The highest BCUT2D eigenvalue weighted by Crippen LogP contribution is 2.45. The Morgan fingerprint density at radius 3 is 2.51 bits per heavy atom. The van der Waals surface area contributed by atoms with Gasteiger partial charge >= 0.3 is 0 Å². The third-order valence-corrected chi connectivity index (χ3v) is 7.03. The molecule has 0 saturated carbocycles. The molecule has 0 fully saturated rings. The lowest BCUT2D eigenvalue weighted by atomic mass is 9.95. The van der Waals surface area contributed by atoms with E-state index in [0.717, 1.165) is 34.4 Å². The number of carbonyl (C=O) groups is 1. The molecule has 37 heavy (non-hydrogen) atoms. The zero-order valence-electron chi connectivity index (χ0n) is 21.2. The van der Waals surface area contributed by atoms with E-state index in [-0.39, 0.29) is 11.9 Å². The molecule has 3 aromatic carbocycles. The minimum Gasteiger partial charge on any atom is -0.493 e. The Hall–Kier alpha value is -3.77. The molecule has 6 nitrogen and oxygen atoms in total. The predicted octanol–water partition coefficient (Wildman–Crippen LogP) is 6.91. The molecule has 0 spiro atoms. The molecule has 0 aliphatic carbocycles. The van der Waals surface area contributed by atoms with Crippen molar-refractivity contribution in [3.05, 3.63) is 100 Å². The number of methoxy groups -OCH3 is 1. The molecular weight excluding hydrogens is 486 g/mol. The normalized spacial score (nSPS) is 14.8. The number of carbonyl (C=O) groups excluding carboxylic acids is 1. The maximum Gasteiger partial charge on any atom is 0.273 e. The molecule has 1 atom stereocenters. The third-order valence-electron chi connectivity index (χ3n) is 6.67. The van der Waals surface area contributed by atoms with Crippen LogP contribution in [0.25, 0.3) is 11.3 Å². The fourth-order valence-electron chi connectivity index (χ4n) is 4.71.